The highest BCUT2D eigenvalue weighted by atomic mass is 16.2. The SMILES string of the molecule is O=C(Cc1ccc(-c2ccccc2)cc1)Nn1cnc2c(cnn2-c2ccccc2)c1=O. The highest BCUT2D eigenvalue weighted by molar-refractivity contribution is 5.86. The van der Waals surface area contributed by atoms with Gasteiger partial charge in [0.1, 0.15) is 11.7 Å². The van der Waals surface area contributed by atoms with Gasteiger partial charge in [0, 0.05) is 0 Å². The minimum Gasteiger partial charge on any atom is -0.273 e. The zero-order chi connectivity index (χ0) is 21.9. The van der Waals surface area contributed by atoms with Gasteiger partial charge in [-0.1, -0.05) is 72.8 Å². The van der Waals surface area contributed by atoms with Crippen LogP contribution in [0, 0.1) is 0 Å². The van der Waals surface area contributed by atoms with Crippen molar-refractivity contribution in [1.29, 1.82) is 0 Å². The maximum atomic E-state index is 12.8. The van der Waals surface area contributed by atoms with Crippen LogP contribution in [0.25, 0.3) is 27.8 Å². The Morgan fingerprint density at radius 3 is 2.22 bits per heavy atom. The quantitative estimate of drug-likeness (QED) is 0.470. The summed E-state index contributed by atoms with van der Waals surface area (Å²) in [4.78, 5) is 29.7. The standard InChI is InChI=1S/C25H19N5O2/c31-23(15-18-11-13-20(14-12-18)19-7-3-1-4-8-19)28-29-17-26-24-22(25(29)32)16-27-30(24)21-9-5-2-6-10-21/h1-14,16-17H,15H2,(H,28,31). The third kappa shape index (κ3) is 3.79. The lowest BCUT2D eigenvalue weighted by molar-refractivity contribution is -0.116. The Hall–Kier alpha value is -4.52. The van der Waals surface area contributed by atoms with Gasteiger partial charge in [0.25, 0.3) is 5.56 Å². The van der Waals surface area contributed by atoms with Gasteiger partial charge in [-0.3, -0.25) is 15.0 Å². The number of carbonyl (C=O) groups is 1. The van der Waals surface area contributed by atoms with Gasteiger partial charge in [-0.25, -0.2) is 14.3 Å². The zero-order valence-corrected chi connectivity index (χ0v) is 17.1. The average Bonchev–Trinajstić information content (AvgIpc) is 3.27. The van der Waals surface area contributed by atoms with Crippen molar-refractivity contribution in [2.75, 3.05) is 5.43 Å². The molecule has 5 aromatic rings. The van der Waals surface area contributed by atoms with Crippen molar-refractivity contribution in [2.24, 2.45) is 0 Å². The van der Waals surface area contributed by atoms with E-state index < -0.39 is 0 Å². The largest absolute Gasteiger partial charge is 0.283 e. The topological polar surface area (TPSA) is 81.8 Å². The minimum atomic E-state index is -0.384. The van der Waals surface area contributed by atoms with E-state index in [4.69, 9.17) is 0 Å². The molecule has 7 heteroatoms. The van der Waals surface area contributed by atoms with E-state index in [0.29, 0.717) is 11.0 Å². The first-order valence-electron chi connectivity index (χ1n) is 10.1. The van der Waals surface area contributed by atoms with E-state index >= 15 is 0 Å². The first-order valence-corrected chi connectivity index (χ1v) is 10.1. The van der Waals surface area contributed by atoms with E-state index in [2.05, 4.69) is 15.5 Å². The number of para-hydroxylation sites is 1. The fourth-order valence-corrected chi connectivity index (χ4v) is 3.55. The summed E-state index contributed by atoms with van der Waals surface area (Å²) >= 11 is 0. The van der Waals surface area contributed by atoms with E-state index in [1.54, 1.807) is 4.68 Å². The number of fused-ring (bicyclic) bond motifs is 1. The molecule has 5 rings (SSSR count). The smallest absolute Gasteiger partial charge is 0.273 e. The number of hydrogen-bond donors (Lipinski definition) is 1. The predicted molar refractivity (Wildman–Crippen MR) is 123 cm³/mol. The number of nitrogens with one attached hydrogen (secondary N) is 1. The van der Waals surface area contributed by atoms with Crippen LogP contribution >= 0.6 is 0 Å². The number of rotatable bonds is 5. The van der Waals surface area contributed by atoms with Crippen LogP contribution in [0.5, 0.6) is 0 Å². The van der Waals surface area contributed by atoms with Crippen molar-refractivity contribution in [2.45, 2.75) is 6.42 Å². The molecule has 3 aromatic carbocycles. The predicted octanol–water partition coefficient (Wildman–Crippen LogP) is 3.56. The molecule has 7 nitrogen and oxygen atoms in total. The lowest BCUT2D eigenvalue weighted by atomic mass is 10.0. The summed E-state index contributed by atoms with van der Waals surface area (Å²) in [7, 11) is 0. The van der Waals surface area contributed by atoms with Crippen LogP contribution in [-0.4, -0.2) is 25.3 Å². The fraction of sp³-hybridized carbons (Fsp3) is 0.0400. The van der Waals surface area contributed by atoms with Crippen LogP contribution in [0.1, 0.15) is 5.56 Å². The highest BCUT2D eigenvalue weighted by Gasteiger charge is 2.13. The molecular weight excluding hydrogens is 402 g/mol. The van der Waals surface area contributed by atoms with Crippen molar-refractivity contribution in [3.63, 3.8) is 0 Å². The van der Waals surface area contributed by atoms with Crippen molar-refractivity contribution in [1.82, 2.24) is 19.4 Å². The molecular formula is C25H19N5O2. The molecule has 0 saturated carbocycles. The maximum Gasteiger partial charge on any atom is 0.283 e. The van der Waals surface area contributed by atoms with Crippen LogP contribution in [0.3, 0.4) is 0 Å². The van der Waals surface area contributed by atoms with Gasteiger partial charge in [-0.05, 0) is 28.8 Å². The number of hydrogen-bond acceptors (Lipinski definition) is 4. The fourth-order valence-electron chi connectivity index (χ4n) is 3.55. The number of carbonyl (C=O) groups excluding carboxylic acids is 1. The van der Waals surface area contributed by atoms with Gasteiger partial charge in [0.15, 0.2) is 5.65 Å². The van der Waals surface area contributed by atoms with Gasteiger partial charge in [-0.2, -0.15) is 5.10 Å². The Labute approximate surface area is 183 Å². The van der Waals surface area contributed by atoms with Crippen LogP contribution < -0.4 is 11.0 Å². The third-order valence-corrected chi connectivity index (χ3v) is 5.16. The summed E-state index contributed by atoms with van der Waals surface area (Å²) < 4.78 is 2.69. The summed E-state index contributed by atoms with van der Waals surface area (Å²) in [5.74, 6) is -0.309. The molecule has 2 aromatic heterocycles. The number of amides is 1. The van der Waals surface area contributed by atoms with Crippen molar-refractivity contribution in [3.8, 4) is 16.8 Å². The van der Waals surface area contributed by atoms with Crippen molar-refractivity contribution >= 4 is 16.9 Å². The normalized spacial score (nSPS) is 10.9. The number of aromatic nitrogens is 4. The Bertz CT molecular complexity index is 1440. The molecule has 0 spiro atoms. The third-order valence-electron chi connectivity index (χ3n) is 5.16. The number of nitrogens with zero attached hydrogens (tertiary/aromatic N) is 4. The second kappa shape index (κ2) is 8.31. The lowest BCUT2D eigenvalue weighted by Crippen LogP contribution is -2.34. The second-order valence-electron chi connectivity index (χ2n) is 7.32. The summed E-state index contributed by atoms with van der Waals surface area (Å²) in [6, 6.07) is 27.3. The molecule has 0 radical (unpaired) electrons. The average molecular weight is 421 g/mol. The van der Waals surface area contributed by atoms with Crippen molar-refractivity contribution in [3.05, 3.63) is 113 Å². The van der Waals surface area contributed by atoms with Crippen molar-refractivity contribution < 1.29 is 4.79 Å². The molecule has 1 N–H and O–H groups in total. The summed E-state index contributed by atoms with van der Waals surface area (Å²) in [5, 5.41) is 4.60. The first-order chi connectivity index (χ1) is 15.7. The summed E-state index contributed by atoms with van der Waals surface area (Å²) in [6.45, 7) is 0. The Morgan fingerprint density at radius 2 is 1.50 bits per heavy atom. The molecule has 0 fully saturated rings. The van der Waals surface area contributed by atoms with Crippen LogP contribution in [0.15, 0.2) is 102 Å². The zero-order valence-electron chi connectivity index (χ0n) is 17.1. The van der Waals surface area contributed by atoms with Gasteiger partial charge in [-0.15, -0.1) is 0 Å². The second-order valence-corrected chi connectivity index (χ2v) is 7.32. The molecule has 0 aliphatic heterocycles. The monoisotopic (exact) mass is 421 g/mol. The Balaban J connectivity index is 1.33. The van der Waals surface area contributed by atoms with Gasteiger partial charge in [0.2, 0.25) is 5.91 Å². The molecule has 0 aliphatic carbocycles. The van der Waals surface area contributed by atoms with Gasteiger partial charge >= 0.3 is 0 Å². The molecule has 2 heterocycles. The van der Waals surface area contributed by atoms with E-state index in [1.807, 2.05) is 84.9 Å². The lowest BCUT2D eigenvalue weighted by Gasteiger charge is -2.09. The van der Waals surface area contributed by atoms with Crippen LogP contribution in [0.4, 0.5) is 0 Å². The molecule has 156 valence electrons. The molecule has 0 bridgehead atoms. The van der Waals surface area contributed by atoms with E-state index in [1.165, 1.54) is 12.5 Å². The van der Waals surface area contributed by atoms with Crippen LogP contribution in [0.2, 0.25) is 0 Å². The van der Waals surface area contributed by atoms with Gasteiger partial charge in [0.05, 0.1) is 18.3 Å². The molecule has 1 amide bonds. The molecule has 0 atom stereocenters. The molecule has 0 unspecified atom stereocenters. The minimum absolute atomic E-state index is 0.142. The Kier molecular flexibility index (Phi) is 5.05. The summed E-state index contributed by atoms with van der Waals surface area (Å²) in [5.41, 5.74) is 6.51. The number of benzene rings is 3. The van der Waals surface area contributed by atoms with Crippen LogP contribution in [-0.2, 0) is 11.2 Å². The Morgan fingerprint density at radius 1 is 0.844 bits per heavy atom. The first kappa shape index (κ1) is 19.4. The van der Waals surface area contributed by atoms with E-state index in [9.17, 15) is 9.59 Å². The maximum absolute atomic E-state index is 12.8. The molecule has 0 saturated heterocycles. The highest BCUT2D eigenvalue weighted by Crippen LogP contribution is 2.19. The summed E-state index contributed by atoms with van der Waals surface area (Å²) in [6.07, 6.45) is 2.91. The van der Waals surface area contributed by atoms with Gasteiger partial charge < -0.3 is 0 Å². The molecule has 0 aliphatic rings. The van der Waals surface area contributed by atoms with E-state index in [0.717, 1.165) is 27.1 Å². The molecule has 32 heavy (non-hydrogen) atoms. The van der Waals surface area contributed by atoms with E-state index in [-0.39, 0.29) is 17.9 Å².